The first-order valence-corrected chi connectivity index (χ1v) is 7.55. The van der Waals surface area contributed by atoms with E-state index in [0.717, 1.165) is 12.8 Å². The summed E-state index contributed by atoms with van der Waals surface area (Å²) < 4.78 is 16.2. The van der Waals surface area contributed by atoms with Gasteiger partial charge < -0.3 is 19.2 Å². The van der Waals surface area contributed by atoms with Crippen molar-refractivity contribution in [1.29, 1.82) is 0 Å². The number of nitrogens with one attached hydrogen (secondary N) is 1. The zero-order valence-corrected chi connectivity index (χ0v) is 12.3. The minimum absolute atomic E-state index is 0.0247. The fraction of sp³-hybridized carbons (Fsp3) is 0.294. The van der Waals surface area contributed by atoms with E-state index in [0.29, 0.717) is 36.0 Å². The van der Waals surface area contributed by atoms with Crippen molar-refractivity contribution in [2.24, 2.45) is 5.92 Å². The summed E-state index contributed by atoms with van der Waals surface area (Å²) in [5, 5.41) is 2.74. The van der Waals surface area contributed by atoms with Crippen molar-refractivity contribution in [3.8, 4) is 11.5 Å². The first-order valence-electron chi connectivity index (χ1n) is 7.55. The van der Waals surface area contributed by atoms with Crippen LogP contribution in [0.5, 0.6) is 11.5 Å². The second-order valence-corrected chi connectivity index (χ2v) is 5.61. The highest BCUT2D eigenvalue weighted by Gasteiger charge is 2.33. The van der Waals surface area contributed by atoms with Crippen LogP contribution in [0.3, 0.4) is 0 Å². The molecule has 2 heterocycles. The van der Waals surface area contributed by atoms with Gasteiger partial charge in [0.25, 0.3) is 5.91 Å². The van der Waals surface area contributed by atoms with Gasteiger partial charge in [0.15, 0.2) is 23.0 Å². The largest absolute Gasteiger partial charge is 0.486 e. The van der Waals surface area contributed by atoms with E-state index >= 15 is 0 Å². The van der Waals surface area contributed by atoms with Crippen molar-refractivity contribution in [2.75, 3.05) is 18.5 Å². The van der Waals surface area contributed by atoms with Gasteiger partial charge in [0, 0.05) is 17.5 Å². The molecule has 1 aliphatic carbocycles. The number of ketones is 1. The molecule has 2 aromatic rings. The highest BCUT2D eigenvalue weighted by atomic mass is 16.6. The van der Waals surface area contributed by atoms with Gasteiger partial charge >= 0.3 is 0 Å². The third-order valence-electron chi connectivity index (χ3n) is 3.89. The van der Waals surface area contributed by atoms with E-state index in [4.69, 9.17) is 13.9 Å². The Morgan fingerprint density at radius 3 is 2.48 bits per heavy atom. The van der Waals surface area contributed by atoms with Crippen LogP contribution in [0.25, 0.3) is 0 Å². The number of ether oxygens (including phenoxy) is 2. The molecule has 23 heavy (non-hydrogen) atoms. The van der Waals surface area contributed by atoms with E-state index in [1.807, 2.05) is 0 Å². The van der Waals surface area contributed by atoms with Gasteiger partial charge in [0.1, 0.15) is 13.2 Å². The van der Waals surface area contributed by atoms with Gasteiger partial charge in [-0.1, -0.05) is 0 Å². The zero-order chi connectivity index (χ0) is 15.8. The highest BCUT2D eigenvalue weighted by molar-refractivity contribution is 6.10. The molecule has 1 aliphatic heterocycles. The third-order valence-corrected chi connectivity index (χ3v) is 3.89. The standard InChI is InChI=1S/C17H15NO5/c19-16(10-3-4-10)11-8-14-15(23-7-6-22-14)9-12(11)18-17(20)13-2-1-5-21-13/h1-2,5,8-10H,3-4,6-7H2,(H,18,20). The monoisotopic (exact) mass is 313 g/mol. The predicted molar refractivity (Wildman–Crippen MR) is 81.1 cm³/mol. The maximum Gasteiger partial charge on any atom is 0.291 e. The van der Waals surface area contributed by atoms with Crippen molar-refractivity contribution >= 4 is 17.4 Å². The second kappa shape index (κ2) is 5.46. The molecule has 1 aromatic carbocycles. The van der Waals surface area contributed by atoms with Crippen LogP contribution in [0.15, 0.2) is 34.9 Å². The molecule has 6 heteroatoms. The Morgan fingerprint density at radius 2 is 1.83 bits per heavy atom. The number of furan rings is 1. The molecule has 0 atom stereocenters. The lowest BCUT2D eigenvalue weighted by Gasteiger charge is -2.21. The van der Waals surface area contributed by atoms with Gasteiger partial charge in [-0.25, -0.2) is 0 Å². The third kappa shape index (κ3) is 2.67. The summed E-state index contributed by atoms with van der Waals surface area (Å²) in [7, 11) is 0. The smallest absolute Gasteiger partial charge is 0.291 e. The van der Waals surface area contributed by atoms with Crippen molar-refractivity contribution in [3.63, 3.8) is 0 Å². The molecule has 0 bridgehead atoms. The average molecular weight is 313 g/mol. The summed E-state index contributed by atoms with van der Waals surface area (Å²) in [6.45, 7) is 0.886. The summed E-state index contributed by atoms with van der Waals surface area (Å²) >= 11 is 0. The first kappa shape index (κ1) is 13.9. The van der Waals surface area contributed by atoms with Gasteiger partial charge in [-0.3, -0.25) is 9.59 Å². The maximum absolute atomic E-state index is 12.5. The maximum atomic E-state index is 12.5. The summed E-state index contributed by atoms with van der Waals surface area (Å²) in [6.07, 6.45) is 3.20. The molecule has 0 unspecified atom stereocenters. The van der Waals surface area contributed by atoms with E-state index in [2.05, 4.69) is 5.32 Å². The van der Waals surface area contributed by atoms with Crippen molar-refractivity contribution in [1.82, 2.24) is 0 Å². The minimum Gasteiger partial charge on any atom is -0.486 e. The molecular formula is C17H15NO5. The lowest BCUT2D eigenvalue weighted by Crippen LogP contribution is -2.19. The molecule has 1 saturated carbocycles. The first-order chi connectivity index (χ1) is 11.2. The van der Waals surface area contributed by atoms with Gasteiger partial charge in [0.2, 0.25) is 0 Å². The Balaban J connectivity index is 1.70. The average Bonchev–Trinajstić information content (AvgIpc) is 3.27. The normalized spacial score (nSPS) is 16.0. The SMILES string of the molecule is O=C(Nc1cc2c(cc1C(=O)C1CC1)OCCO2)c1ccco1. The summed E-state index contributed by atoms with van der Waals surface area (Å²) in [4.78, 5) is 24.7. The number of amides is 1. The van der Waals surface area contributed by atoms with Crippen LogP contribution in [0.2, 0.25) is 0 Å². The molecule has 4 rings (SSSR count). The quantitative estimate of drug-likeness (QED) is 0.878. The number of fused-ring (bicyclic) bond motifs is 1. The molecule has 1 N–H and O–H groups in total. The molecule has 0 spiro atoms. The molecule has 6 nitrogen and oxygen atoms in total. The van der Waals surface area contributed by atoms with Crippen LogP contribution in [-0.4, -0.2) is 24.9 Å². The van der Waals surface area contributed by atoms with Gasteiger partial charge in [-0.2, -0.15) is 0 Å². The highest BCUT2D eigenvalue weighted by Crippen LogP contribution is 2.40. The van der Waals surface area contributed by atoms with Gasteiger partial charge in [-0.05, 0) is 31.0 Å². The number of benzene rings is 1. The molecule has 118 valence electrons. The molecule has 1 fully saturated rings. The molecule has 1 aromatic heterocycles. The van der Waals surface area contributed by atoms with Crippen molar-refractivity contribution < 1.29 is 23.5 Å². The number of anilines is 1. The number of hydrogen-bond acceptors (Lipinski definition) is 5. The number of carbonyl (C=O) groups is 2. The Bertz CT molecular complexity index is 762. The van der Waals surface area contributed by atoms with Crippen molar-refractivity contribution in [3.05, 3.63) is 41.9 Å². The number of hydrogen-bond donors (Lipinski definition) is 1. The lowest BCUT2D eigenvalue weighted by atomic mass is 10.0. The van der Waals surface area contributed by atoms with Crippen LogP contribution in [0, 0.1) is 5.92 Å². The summed E-state index contributed by atoms with van der Waals surface area (Å²) in [5.41, 5.74) is 0.879. The van der Waals surface area contributed by atoms with Crippen LogP contribution < -0.4 is 14.8 Å². The van der Waals surface area contributed by atoms with Gasteiger partial charge in [0.05, 0.1) is 12.0 Å². The Labute approximate surface area is 132 Å². The van der Waals surface area contributed by atoms with E-state index in [1.165, 1.54) is 6.26 Å². The number of carbonyl (C=O) groups excluding carboxylic acids is 2. The molecule has 0 radical (unpaired) electrons. The number of rotatable bonds is 4. The summed E-state index contributed by atoms with van der Waals surface area (Å²) in [5.74, 6) is 0.907. The molecule has 1 amide bonds. The van der Waals surface area contributed by atoms with E-state index in [9.17, 15) is 9.59 Å². The fourth-order valence-electron chi connectivity index (χ4n) is 2.55. The van der Waals surface area contributed by atoms with E-state index in [1.54, 1.807) is 24.3 Å². The Morgan fingerprint density at radius 1 is 1.09 bits per heavy atom. The molecule has 2 aliphatic rings. The van der Waals surface area contributed by atoms with E-state index < -0.39 is 5.91 Å². The van der Waals surface area contributed by atoms with Crippen molar-refractivity contribution in [2.45, 2.75) is 12.8 Å². The molecular weight excluding hydrogens is 298 g/mol. The molecule has 0 saturated heterocycles. The van der Waals surface area contributed by atoms with Crippen LogP contribution in [0.1, 0.15) is 33.8 Å². The minimum atomic E-state index is -0.406. The number of Topliss-reactive ketones (excluding diaryl/α,β-unsaturated/α-hetero) is 1. The van der Waals surface area contributed by atoms with E-state index in [-0.39, 0.29) is 17.5 Å². The predicted octanol–water partition coefficient (Wildman–Crippen LogP) is 2.90. The second-order valence-electron chi connectivity index (χ2n) is 5.61. The zero-order valence-electron chi connectivity index (χ0n) is 12.3. The van der Waals surface area contributed by atoms with Crippen LogP contribution in [0.4, 0.5) is 5.69 Å². The van der Waals surface area contributed by atoms with Crippen LogP contribution in [-0.2, 0) is 0 Å². The van der Waals surface area contributed by atoms with Gasteiger partial charge in [-0.15, -0.1) is 0 Å². The summed E-state index contributed by atoms with van der Waals surface area (Å²) in [6, 6.07) is 6.50. The Kier molecular flexibility index (Phi) is 3.29. The fourth-order valence-corrected chi connectivity index (χ4v) is 2.55. The van der Waals surface area contributed by atoms with Crippen LogP contribution >= 0.6 is 0 Å². The Hall–Kier alpha value is -2.76. The topological polar surface area (TPSA) is 77.8 Å². The lowest BCUT2D eigenvalue weighted by molar-refractivity contribution is 0.0967.